The number of nitrogens with one attached hydrogen (secondary N) is 1. The van der Waals surface area contributed by atoms with Crippen molar-refractivity contribution >= 4 is 5.91 Å². The Morgan fingerprint density at radius 3 is 1.08 bits per heavy atom. The number of unbranched alkanes of at least 4 members (excludes halogenated alkanes) is 35. The van der Waals surface area contributed by atoms with Gasteiger partial charge in [-0.3, -0.25) is 4.79 Å². The van der Waals surface area contributed by atoms with Gasteiger partial charge in [-0.2, -0.15) is 0 Å². The van der Waals surface area contributed by atoms with Crippen LogP contribution in [0.25, 0.3) is 0 Å². The summed E-state index contributed by atoms with van der Waals surface area (Å²) in [6, 6.07) is -0.999. The Morgan fingerprint density at radius 1 is 0.356 bits per heavy atom. The van der Waals surface area contributed by atoms with Crippen LogP contribution in [0.2, 0.25) is 0 Å². The lowest BCUT2D eigenvalue weighted by Crippen LogP contribution is -2.66. The Balaban J connectivity index is 1.38. The van der Waals surface area contributed by atoms with E-state index in [2.05, 4.69) is 104 Å². The van der Waals surface area contributed by atoms with Gasteiger partial charge in [-0.05, 0) is 83.5 Å². The number of rotatable bonds is 65. The smallest absolute Gasteiger partial charge is 0.220 e. The van der Waals surface area contributed by atoms with E-state index in [-0.39, 0.29) is 18.9 Å². The molecule has 17 atom stereocenters. The topological polar surface area (TPSA) is 307 Å². The molecule has 1 amide bonds. The molecule has 3 fully saturated rings. The van der Waals surface area contributed by atoms with Gasteiger partial charge in [0.05, 0.1) is 38.6 Å². The van der Waals surface area contributed by atoms with E-state index in [4.69, 9.17) is 28.4 Å². The normalized spacial score (nSPS) is 26.4. The van der Waals surface area contributed by atoms with Gasteiger partial charge in [0, 0.05) is 6.42 Å². The molecule has 602 valence electrons. The van der Waals surface area contributed by atoms with Gasteiger partial charge in [-0.1, -0.05) is 310 Å². The van der Waals surface area contributed by atoms with E-state index in [1.807, 2.05) is 6.08 Å². The summed E-state index contributed by atoms with van der Waals surface area (Å²) in [6.45, 7) is 1.63. The van der Waals surface area contributed by atoms with Crippen LogP contribution in [-0.4, -0.2) is 193 Å². The maximum Gasteiger partial charge on any atom is 0.220 e. The first kappa shape index (κ1) is 94.9. The zero-order chi connectivity index (χ0) is 75.3. The van der Waals surface area contributed by atoms with Crippen LogP contribution in [0.5, 0.6) is 0 Å². The predicted octanol–water partition coefficient (Wildman–Crippen LogP) is 14.3. The Hall–Kier alpha value is -3.29. The van der Waals surface area contributed by atoms with Crippen LogP contribution in [0.15, 0.2) is 97.2 Å². The summed E-state index contributed by atoms with van der Waals surface area (Å²) in [5.74, 6) is -0.288. The molecule has 0 aromatic heterocycles. The quantitative estimate of drug-likeness (QED) is 0.0199. The van der Waals surface area contributed by atoms with Crippen molar-refractivity contribution < 1.29 is 89.4 Å². The van der Waals surface area contributed by atoms with Crippen molar-refractivity contribution in [3.05, 3.63) is 97.2 Å². The number of hydrogen-bond donors (Lipinski definition) is 12. The number of carbonyl (C=O) groups is 1. The molecule has 0 aromatic carbocycles. The Morgan fingerprint density at radius 2 is 0.673 bits per heavy atom. The second-order valence-electron chi connectivity index (χ2n) is 29.2. The van der Waals surface area contributed by atoms with Crippen LogP contribution in [0.3, 0.4) is 0 Å². The molecule has 3 aliphatic rings. The molecule has 0 aromatic rings. The highest BCUT2D eigenvalue weighted by molar-refractivity contribution is 5.76. The SMILES string of the molecule is CC/C=C\C/C=C\C/C=C\C/C=C\C/C=C\C/C=C\CCCCCCCCCCCCCCC(=O)NC(COC1OC(CO)C(OC2OC(CO)C(OC3OC(CO)C(O)C(O)C3O)C(O)C2O)C(O)C1O)C(O)/C=C/CC/C=C/CCCCCCCCCCCCCCCCCCCCCCCC. The first-order valence-electron chi connectivity index (χ1n) is 41.5. The maximum absolute atomic E-state index is 13.5. The molecule has 0 spiro atoms. The number of ether oxygens (including phenoxy) is 6. The van der Waals surface area contributed by atoms with Gasteiger partial charge in [0.1, 0.15) is 73.2 Å². The molecule has 17 unspecified atom stereocenters. The lowest BCUT2D eigenvalue weighted by atomic mass is 9.96. The minimum atomic E-state index is -1.99. The van der Waals surface area contributed by atoms with Crippen molar-refractivity contribution in [2.45, 2.75) is 407 Å². The molecule has 12 N–H and O–H groups in total. The molecule has 0 aliphatic carbocycles. The fraction of sp³-hybridized carbons (Fsp3) is 0.800. The molecule has 3 rings (SSSR count). The third kappa shape index (κ3) is 43.8. The molecular formula is C85H149NO18. The van der Waals surface area contributed by atoms with Crippen LogP contribution in [-0.2, 0) is 33.2 Å². The highest BCUT2D eigenvalue weighted by Gasteiger charge is 2.54. The number of amides is 1. The lowest BCUT2D eigenvalue weighted by Gasteiger charge is -2.48. The van der Waals surface area contributed by atoms with E-state index in [1.165, 1.54) is 180 Å². The van der Waals surface area contributed by atoms with E-state index < -0.39 is 124 Å². The van der Waals surface area contributed by atoms with Crippen LogP contribution < -0.4 is 5.32 Å². The van der Waals surface area contributed by atoms with Gasteiger partial charge in [0.15, 0.2) is 18.9 Å². The van der Waals surface area contributed by atoms with E-state index in [0.29, 0.717) is 12.8 Å². The van der Waals surface area contributed by atoms with Crippen molar-refractivity contribution in [2.75, 3.05) is 26.4 Å². The molecule has 19 nitrogen and oxygen atoms in total. The van der Waals surface area contributed by atoms with Crippen LogP contribution in [0, 0.1) is 0 Å². The first-order valence-corrected chi connectivity index (χ1v) is 41.5. The van der Waals surface area contributed by atoms with Crippen molar-refractivity contribution in [2.24, 2.45) is 0 Å². The minimum absolute atomic E-state index is 0.228. The Labute approximate surface area is 628 Å². The number of carbonyl (C=O) groups excluding carboxylic acids is 1. The summed E-state index contributed by atoms with van der Waals surface area (Å²) in [5.41, 5.74) is 0. The highest BCUT2D eigenvalue weighted by atomic mass is 16.8. The molecule has 0 bridgehead atoms. The number of allylic oxidation sites excluding steroid dienone is 15. The largest absolute Gasteiger partial charge is 0.394 e. The summed E-state index contributed by atoms with van der Waals surface area (Å²) >= 11 is 0. The predicted molar refractivity (Wildman–Crippen MR) is 415 cm³/mol. The molecule has 19 heteroatoms. The summed E-state index contributed by atoms with van der Waals surface area (Å²) in [5, 5.41) is 121. The van der Waals surface area contributed by atoms with E-state index >= 15 is 0 Å². The standard InChI is InChI=1S/C85H149NO18/c1-3-5-7-9-11-13-15-17-19-21-23-25-27-29-31-33-34-35-37-39-41-43-45-47-49-51-53-55-57-59-61-63-73(91)86-68(69(90)62-60-58-56-54-52-50-48-46-44-42-40-38-36-32-30-28-26-24-22-20-18-16-14-12-10-8-6-4-2)67-99-83-79(97)76(94)81(71(65-88)101-83)104-85-80(98)77(95)82(72(66-89)102-85)103-84-78(96)75(93)74(92)70(64-87)100-84/h5,7,11,13,17,19,23,25,29,31,34-35,52,54,60,62,68-72,74-85,87-90,92-98H,3-4,6,8-10,12,14-16,18,20-22,24,26-28,30,32-33,36-51,53,55-59,61,63-67H2,1-2H3,(H,86,91)/b7-5-,13-11-,19-17-,25-23-,31-29-,35-34-,54-52+,62-60+. The Kier molecular flexibility index (Phi) is 58.9. The summed E-state index contributed by atoms with van der Waals surface area (Å²) in [6.07, 6.45) is 61.1. The number of aliphatic hydroxyl groups is 11. The van der Waals surface area contributed by atoms with Gasteiger partial charge in [-0.15, -0.1) is 0 Å². The molecule has 3 heterocycles. The molecule has 0 radical (unpaired) electrons. The third-order valence-electron chi connectivity index (χ3n) is 20.1. The molecule has 3 aliphatic heterocycles. The number of aliphatic hydroxyl groups excluding tert-OH is 11. The zero-order valence-corrected chi connectivity index (χ0v) is 64.5. The second kappa shape index (κ2) is 64.5. The van der Waals surface area contributed by atoms with Crippen LogP contribution >= 0.6 is 0 Å². The summed E-state index contributed by atoms with van der Waals surface area (Å²) in [4.78, 5) is 13.5. The van der Waals surface area contributed by atoms with Crippen molar-refractivity contribution in [1.29, 1.82) is 0 Å². The maximum atomic E-state index is 13.5. The van der Waals surface area contributed by atoms with Crippen molar-refractivity contribution in [3.63, 3.8) is 0 Å². The van der Waals surface area contributed by atoms with Crippen LogP contribution in [0.4, 0.5) is 0 Å². The van der Waals surface area contributed by atoms with E-state index in [1.54, 1.807) is 6.08 Å². The first-order chi connectivity index (χ1) is 50.8. The average Bonchev–Trinajstić information content (AvgIpc) is 0.783. The summed E-state index contributed by atoms with van der Waals surface area (Å²) < 4.78 is 34.5. The van der Waals surface area contributed by atoms with Gasteiger partial charge in [-0.25, -0.2) is 0 Å². The van der Waals surface area contributed by atoms with Gasteiger partial charge in [0.25, 0.3) is 0 Å². The second-order valence-corrected chi connectivity index (χ2v) is 29.2. The Bertz CT molecular complexity index is 2260. The van der Waals surface area contributed by atoms with E-state index in [9.17, 15) is 61.0 Å². The molecule has 3 saturated heterocycles. The molecular weight excluding hydrogens is 1320 g/mol. The lowest BCUT2D eigenvalue weighted by molar-refractivity contribution is -0.379. The molecule has 0 saturated carbocycles. The monoisotopic (exact) mass is 1470 g/mol. The van der Waals surface area contributed by atoms with Crippen molar-refractivity contribution in [3.8, 4) is 0 Å². The van der Waals surface area contributed by atoms with E-state index in [0.717, 1.165) is 89.9 Å². The summed E-state index contributed by atoms with van der Waals surface area (Å²) in [7, 11) is 0. The zero-order valence-electron chi connectivity index (χ0n) is 64.5. The average molecular weight is 1470 g/mol. The fourth-order valence-electron chi connectivity index (χ4n) is 13.5. The van der Waals surface area contributed by atoms with Gasteiger partial charge >= 0.3 is 0 Å². The third-order valence-corrected chi connectivity index (χ3v) is 20.1. The molecule has 104 heavy (non-hydrogen) atoms. The highest BCUT2D eigenvalue weighted by Crippen LogP contribution is 2.33. The van der Waals surface area contributed by atoms with Crippen LogP contribution in [0.1, 0.15) is 303 Å². The minimum Gasteiger partial charge on any atom is -0.394 e. The number of hydrogen-bond acceptors (Lipinski definition) is 18. The van der Waals surface area contributed by atoms with Gasteiger partial charge in [0.2, 0.25) is 5.91 Å². The fourth-order valence-corrected chi connectivity index (χ4v) is 13.5. The van der Waals surface area contributed by atoms with Gasteiger partial charge < -0.3 is 89.9 Å². The van der Waals surface area contributed by atoms with Crippen molar-refractivity contribution in [1.82, 2.24) is 5.32 Å².